The van der Waals surface area contributed by atoms with E-state index in [2.05, 4.69) is 111 Å². The highest BCUT2D eigenvalue weighted by Crippen LogP contribution is 2.51. The first kappa shape index (κ1) is 39.0. The third-order valence-corrected chi connectivity index (χ3v) is 12.0. The Morgan fingerprint density at radius 2 is 0.897 bits per heavy atom. The third-order valence-electron chi connectivity index (χ3n) is 12.0. The van der Waals surface area contributed by atoms with Gasteiger partial charge in [-0.3, -0.25) is 9.59 Å². The highest BCUT2D eigenvalue weighted by Gasteiger charge is 2.59. The van der Waals surface area contributed by atoms with Crippen molar-refractivity contribution in [2.45, 2.75) is 89.4 Å². The van der Waals surface area contributed by atoms with E-state index < -0.39 is 11.1 Å². The summed E-state index contributed by atoms with van der Waals surface area (Å²) in [6.07, 6.45) is 4.88. The number of nitrogens with two attached hydrogens (primary N) is 2. The van der Waals surface area contributed by atoms with Crippen molar-refractivity contribution >= 4 is 11.8 Å². The second kappa shape index (κ2) is 14.5. The van der Waals surface area contributed by atoms with Crippen molar-refractivity contribution in [2.24, 2.45) is 22.3 Å². The number of hydrogen-bond acceptors (Lipinski definition) is 6. The Balaban J connectivity index is 0.924. The number of aromatic amines is 2. The highest BCUT2D eigenvalue weighted by atomic mass is 16.2. The molecule has 0 unspecified atom stereocenters. The number of hydrogen-bond donors (Lipinski definition) is 6. The number of aromatic nitrogens is 4. The van der Waals surface area contributed by atoms with Gasteiger partial charge in [0.05, 0.1) is 35.9 Å². The molecule has 6 atom stereocenters. The van der Waals surface area contributed by atoms with E-state index in [-0.39, 0.29) is 46.6 Å². The lowest BCUT2D eigenvalue weighted by Gasteiger charge is -2.31. The third kappa shape index (κ3) is 7.62. The Kier molecular flexibility index (Phi) is 9.76. The number of nitrogens with one attached hydrogen (secondary N) is 4. The maximum absolute atomic E-state index is 13.6. The van der Waals surface area contributed by atoms with Gasteiger partial charge in [0, 0.05) is 11.8 Å². The summed E-state index contributed by atoms with van der Waals surface area (Å²) in [5, 5.41) is 6.47. The minimum atomic E-state index is -0.929. The first-order valence-electron chi connectivity index (χ1n) is 20.2. The van der Waals surface area contributed by atoms with Crippen molar-refractivity contribution in [2.75, 3.05) is 0 Å². The van der Waals surface area contributed by atoms with Crippen LogP contribution >= 0.6 is 0 Å². The molecule has 6 aromatic rings. The molecule has 10 nitrogen and oxygen atoms in total. The summed E-state index contributed by atoms with van der Waals surface area (Å²) in [4.78, 5) is 43.6. The Morgan fingerprint density at radius 1 is 0.569 bits per heavy atom. The van der Waals surface area contributed by atoms with Crippen LogP contribution in [0.5, 0.6) is 0 Å². The molecule has 58 heavy (non-hydrogen) atoms. The van der Waals surface area contributed by atoms with Crippen LogP contribution in [-0.4, -0.2) is 42.8 Å². The molecule has 8 N–H and O–H groups in total. The molecule has 0 radical (unpaired) electrons. The van der Waals surface area contributed by atoms with Crippen LogP contribution in [0.3, 0.4) is 0 Å². The fourth-order valence-electron chi connectivity index (χ4n) is 8.13. The molecule has 0 saturated heterocycles. The summed E-state index contributed by atoms with van der Waals surface area (Å²) in [7, 11) is 0. The van der Waals surface area contributed by atoms with Gasteiger partial charge in [0.1, 0.15) is 22.7 Å². The summed E-state index contributed by atoms with van der Waals surface area (Å²) in [5.74, 6) is 1.08. The SMILES string of the molecule is CC(C)(C)[C@H](NC(=O)[C@@]1(N)C[C@@H]1c1ccccc1)c1ncc(-c2ccc(-c3ccc(-c4cnc([C@@H](NC(=O)[C@@]5(N)C[C@@H]5c5ccccc5)C(C)(C)C)[nH]4)cc3)cc2)[nH]1. The molecule has 10 heteroatoms. The molecule has 0 bridgehead atoms. The van der Waals surface area contributed by atoms with Crippen LogP contribution < -0.4 is 22.1 Å². The summed E-state index contributed by atoms with van der Waals surface area (Å²) in [5.41, 5.74) is 18.8. The predicted molar refractivity (Wildman–Crippen MR) is 229 cm³/mol. The van der Waals surface area contributed by atoms with E-state index >= 15 is 0 Å². The molecule has 2 amide bonds. The number of H-pyrrole nitrogens is 2. The van der Waals surface area contributed by atoms with Crippen molar-refractivity contribution in [3.05, 3.63) is 144 Å². The molecule has 2 aromatic heterocycles. The molecule has 2 heterocycles. The number of carbonyl (C=O) groups is 2. The minimum absolute atomic E-state index is 0.00232. The highest BCUT2D eigenvalue weighted by molar-refractivity contribution is 5.92. The number of carbonyl (C=O) groups excluding carboxylic acids is 2. The van der Waals surface area contributed by atoms with Crippen LogP contribution in [0.1, 0.15) is 101 Å². The predicted octanol–water partition coefficient (Wildman–Crippen LogP) is 8.31. The fraction of sp³-hybridized carbons (Fsp3) is 0.333. The first-order valence-corrected chi connectivity index (χ1v) is 20.2. The van der Waals surface area contributed by atoms with Gasteiger partial charge in [-0.15, -0.1) is 0 Å². The summed E-state index contributed by atoms with van der Waals surface area (Å²) in [6, 6.07) is 36.0. The molecule has 4 aromatic carbocycles. The average molecular weight is 775 g/mol. The smallest absolute Gasteiger partial charge is 0.241 e. The lowest BCUT2D eigenvalue weighted by atomic mass is 9.86. The monoisotopic (exact) mass is 774 g/mol. The largest absolute Gasteiger partial charge is 0.344 e. The molecular formula is C48H54N8O2. The van der Waals surface area contributed by atoms with Crippen LogP contribution in [0.25, 0.3) is 33.6 Å². The fourth-order valence-corrected chi connectivity index (χ4v) is 8.13. The molecule has 0 spiro atoms. The number of amides is 2. The van der Waals surface area contributed by atoms with E-state index in [0.717, 1.165) is 44.8 Å². The number of imidazole rings is 2. The molecule has 2 saturated carbocycles. The maximum Gasteiger partial charge on any atom is 0.241 e. The van der Waals surface area contributed by atoms with Gasteiger partial charge in [-0.25, -0.2) is 9.97 Å². The maximum atomic E-state index is 13.6. The standard InChI is InChI=1S/C48H54N8O2/c1-45(2,3)39(55-43(57)47(49)25-35(47)31-13-9-7-10-14-31)41-51-27-37(53-41)33-21-17-29(18-22-33)30-19-23-34(24-20-30)38-28-52-42(54-38)40(46(4,5)6)56-44(58)48(50)26-36(48)32-15-11-8-12-16-32/h7-24,27-28,35-36,39-40H,25-26,49-50H2,1-6H3,(H,51,53)(H,52,54)(H,55,57)(H,56,58)/t35-,36-,39-,40-,47-,48-/m1/s1. The molecule has 298 valence electrons. The molecular weight excluding hydrogens is 721 g/mol. The number of rotatable bonds is 11. The van der Waals surface area contributed by atoms with Gasteiger partial charge in [0.25, 0.3) is 0 Å². The number of nitrogens with zero attached hydrogens (tertiary/aromatic N) is 2. The van der Waals surface area contributed by atoms with E-state index in [9.17, 15) is 9.59 Å². The topological polar surface area (TPSA) is 168 Å². The van der Waals surface area contributed by atoms with Crippen LogP contribution in [-0.2, 0) is 9.59 Å². The van der Waals surface area contributed by atoms with Gasteiger partial charge in [0.15, 0.2) is 0 Å². The Morgan fingerprint density at radius 3 is 1.22 bits per heavy atom. The van der Waals surface area contributed by atoms with Gasteiger partial charge < -0.3 is 32.1 Å². The van der Waals surface area contributed by atoms with E-state index in [4.69, 9.17) is 21.4 Å². The summed E-state index contributed by atoms with van der Waals surface area (Å²) in [6.45, 7) is 12.5. The van der Waals surface area contributed by atoms with Crippen molar-refractivity contribution in [1.82, 2.24) is 30.6 Å². The van der Waals surface area contributed by atoms with Crippen molar-refractivity contribution in [3.8, 4) is 33.6 Å². The van der Waals surface area contributed by atoms with E-state index in [1.807, 2.05) is 73.1 Å². The van der Waals surface area contributed by atoms with E-state index in [1.165, 1.54) is 0 Å². The molecule has 2 fully saturated rings. The summed E-state index contributed by atoms with van der Waals surface area (Å²) < 4.78 is 0. The number of benzene rings is 4. The molecule has 8 rings (SSSR count). The Hall–Kier alpha value is -5.84. The van der Waals surface area contributed by atoms with Crippen LogP contribution in [0, 0.1) is 10.8 Å². The quantitative estimate of drug-likeness (QED) is 0.0774. The second-order valence-corrected chi connectivity index (χ2v) is 18.5. The van der Waals surface area contributed by atoms with Crippen LogP contribution in [0.4, 0.5) is 0 Å². The van der Waals surface area contributed by atoms with E-state index in [0.29, 0.717) is 24.5 Å². The van der Waals surface area contributed by atoms with Crippen molar-refractivity contribution in [3.63, 3.8) is 0 Å². The first-order chi connectivity index (χ1) is 27.5. The second-order valence-electron chi connectivity index (χ2n) is 18.5. The normalized spacial score (nSPS) is 22.5. The van der Waals surface area contributed by atoms with Gasteiger partial charge in [-0.2, -0.15) is 0 Å². The molecule has 2 aliphatic carbocycles. The Bertz CT molecular complexity index is 2240. The lowest BCUT2D eigenvalue weighted by molar-refractivity contribution is -0.125. The zero-order valence-corrected chi connectivity index (χ0v) is 34.1. The van der Waals surface area contributed by atoms with Gasteiger partial charge in [-0.1, -0.05) is 151 Å². The zero-order chi connectivity index (χ0) is 41.0. The Labute approximate surface area is 340 Å². The lowest BCUT2D eigenvalue weighted by Crippen LogP contribution is -2.48. The zero-order valence-electron chi connectivity index (χ0n) is 34.1. The average Bonchev–Trinajstić information content (AvgIpc) is 3.89. The van der Waals surface area contributed by atoms with Gasteiger partial charge in [0.2, 0.25) is 11.8 Å². The van der Waals surface area contributed by atoms with Crippen LogP contribution in [0.15, 0.2) is 122 Å². The van der Waals surface area contributed by atoms with E-state index in [1.54, 1.807) is 0 Å². The molecule has 2 aliphatic rings. The van der Waals surface area contributed by atoms with Crippen LogP contribution in [0.2, 0.25) is 0 Å². The van der Waals surface area contributed by atoms with Crippen molar-refractivity contribution < 1.29 is 9.59 Å². The van der Waals surface area contributed by atoms with Gasteiger partial charge >= 0.3 is 0 Å². The van der Waals surface area contributed by atoms with Crippen molar-refractivity contribution in [1.29, 1.82) is 0 Å². The molecule has 0 aliphatic heterocycles. The summed E-state index contributed by atoms with van der Waals surface area (Å²) >= 11 is 0. The van der Waals surface area contributed by atoms with Gasteiger partial charge in [-0.05, 0) is 57.1 Å². The minimum Gasteiger partial charge on any atom is -0.344 e.